The highest BCUT2D eigenvalue weighted by Crippen LogP contribution is 2.17. The van der Waals surface area contributed by atoms with Gasteiger partial charge in [0.15, 0.2) is 5.69 Å². The van der Waals surface area contributed by atoms with Crippen LogP contribution in [0, 0.1) is 5.82 Å². The number of carbonyl (C=O) groups is 1. The molecule has 134 valence electrons. The molecule has 6 nitrogen and oxygen atoms in total. The number of halogens is 2. The standard InChI is InChI=1S/C18H16ClFN4O2/c19-15-8-14(20)7-6-13(15)9-21-18(26)16-10-24(23-22-16)11-17(25)12-4-2-1-3-5-12/h1-8,10,17,25H,9,11H2,(H,21,26)/t17-/m1/s1. The van der Waals surface area contributed by atoms with Crippen LogP contribution in [0.3, 0.4) is 0 Å². The molecule has 3 rings (SSSR count). The Morgan fingerprint density at radius 2 is 2.04 bits per heavy atom. The van der Waals surface area contributed by atoms with Crippen molar-refractivity contribution in [1.82, 2.24) is 20.3 Å². The van der Waals surface area contributed by atoms with Crippen LogP contribution in [0.2, 0.25) is 5.02 Å². The van der Waals surface area contributed by atoms with Gasteiger partial charge in [0, 0.05) is 11.6 Å². The average molecular weight is 375 g/mol. The minimum Gasteiger partial charge on any atom is -0.386 e. The second kappa shape index (κ2) is 8.07. The monoisotopic (exact) mass is 374 g/mol. The van der Waals surface area contributed by atoms with Crippen molar-refractivity contribution >= 4 is 17.5 Å². The van der Waals surface area contributed by atoms with E-state index in [1.807, 2.05) is 30.3 Å². The lowest BCUT2D eigenvalue weighted by Crippen LogP contribution is -2.23. The van der Waals surface area contributed by atoms with Crippen molar-refractivity contribution in [3.05, 3.63) is 82.4 Å². The molecule has 1 heterocycles. The van der Waals surface area contributed by atoms with E-state index in [9.17, 15) is 14.3 Å². The summed E-state index contributed by atoms with van der Waals surface area (Å²) in [7, 11) is 0. The third-order valence-corrected chi connectivity index (χ3v) is 4.12. The fourth-order valence-corrected chi connectivity index (χ4v) is 2.61. The molecule has 3 aromatic rings. The Bertz CT molecular complexity index is 901. The van der Waals surface area contributed by atoms with E-state index in [0.717, 1.165) is 5.56 Å². The van der Waals surface area contributed by atoms with Gasteiger partial charge in [0.2, 0.25) is 0 Å². The molecule has 1 amide bonds. The summed E-state index contributed by atoms with van der Waals surface area (Å²) in [5.74, 6) is -0.879. The Hall–Kier alpha value is -2.77. The van der Waals surface area contributed by atoms with Crippen molar-refractivity contribution in [2.75, 3.05) is 0 Å². The van der Waals surface area contributed by atoms with Crippen LogP contribution in [0.5, 0.6) is 0 Å². The van der Waals surface area contributed by atoms with Crippen molar-refractivity contribution < 1.29 is 14.3 Å². The summed E-state index contributed by atoms with van der Waals surface area (Å²) in [5, 5.41) is 20.7. The summed E-state index contributed by atoms with van der Waals surface area (Å²) in [6.45, 7) is 0.311. The number of hydrogen-bond donors (Lipinski definition) is 2. The first-order valence-corrected chi connectivity index (χ1v) is 8.26. The van der Waals surface area contributed by atoms with Crippen molar-refractivity contribution in [2.24, 2.45) is 0 Å². The van der Waals surface area contributed by atoms with Crippen LogP contribution in [-0.4, -0.2) is 26.0 Å². The molecule has 26 heavy (non-hydrogen) atoms. The van der Waals surface area contributed by atoms with E-state index in [2.05, 4.69) is 15.6 Å². The molecule has 8 heteroatoms. The minimum atomic E-state index is -0.758. The molecule has 1 aromatic heterocycles. The number of nitrogens with one attached hydrogen (secondary N) is 1. The number of nitrogens with zero attached hydrogens (tertiary/aromatic N) is 3. The molecule has 0 radical (unpaired) electrons. The molecule has 0 fully saturated rings. The summed E-state index contributed by atoms with van der Waals surface area (Å²) in [5.41, 5.74) is 1.46. The van der Waals surface area contributed by atoms with Crippen molar-refractivity contribution in [2.45, 2.75) is 19.2 Å². The molecule has 0 aliphatic carbocycles. The number of aliphatic hydroxyl groups is 1. The molecular weight excluding hydrogens is 359 g/mol. The number of aromatic nitrogens is 3. The average Bonchev–Trinajstić information content (AvgIpc) is 3.10. The van der Waals surface area contributed by atoms with Gasteiger partial charge in [-0.15, -0.1) is 5.10 Å². The molecule has 1 atom stereocenters. The van der Waals surface area contributed by atoms with Gasteiger partial charge in [-0.2, -0.15) is 0 Å². The van der Waals surface area contributed by atoms with Gasteiger partial charge in [0.05, 0.1) is 18.8 Å². The van der Waals surface area contributed by atoms with Crippen LogP contribution < -0.4 is 5.32 Å². The van der Waals surface area contributed by atoms with E-state index in [1.54, 1.807) is 0 Å². The molecule has 0 spiro atoms. The van der Waals surface area contributed by atoms with Gasteiger partial charge in [-0.3, -0.25) is 4.79 Å². The molecule has 0 bridgehead atoms. The van der Waals surface area contributed by atoms with E-state index < -0.39 is 17.8 Å². The van der Waals surface area contributed by atoms with Crippen LogP contribution in [-0.2, 0) is 13.1 Å². The highest BCUT2D eigenvalue weighted by atomic mass is 35.5. The Morgan fingerprint density at radius 3 is 2.77 bits per heavy atom. The summed E-state index contributed by atoms with van der Waals surface area (Å²) in [6.07, 6.45) is 0.695. The molecule has 0 unspecified atom stereocenters. The van der Waals surface area contributed by atoms with E-state index >= 15 is 0 Å². The van der Waals surface area contributed by atoms with Crippen molar-refractivity contribution in [3.63, 3.8) is 0 Å². The van der Waals surface area contributed by atoms with Crippen LogP contribution in [0.1, 0.15) is 27.7 Å². The molecule has 2 aromatic carbocycles. The summed E-state index contributed by atoms with van der Waals surface area (Å²) < 4.78 is 14.4. The fraction of sp³-hybridized carbons (Fsp3) is 0.167. The van der Waals surface area contributed by atoms with Crippen LogP contribution in [0.4, 0.5) is 4.39 Å². The van der Waals surface area contributed by atoms with Gasteiger partial charge in [0.25, 0.3) is 5.91 Å². The molecule has 0 saturated carbocycles. The smallest absolute Gasteiger partial charge is 0.273 e. The fourth-order valence-electron chi connectivity index (χ4n) is 2.38. The summed E-state index contributed by atoms with van der Waals surface area (Å²) in [4.78, 5) is 12.2. The number of amides is 1. The van der Waals surface area contributed by atoms with Gasteiger partial charge in [0.1, 0.15) is 5.82 Å². The maximum atomic E-state index is 13.0. The number of aliphatic hydroxyl groups excluding tert-OH is 1. The predicted molar refractivity (Wildman–Crippen MR) is 94.0 cm³/mol. The van der Waals surface area contributed by atoms with E-state index in [1.165, 1.54) is 29.1 Å². The zero-order valence-electron chi connectivity index (χ0n) is 13.6. The number of rotatable bonds is 6. The lowest BCUT2D eigenvalue weighted by atomic mass is 10.1. The van der Waals surface area contributed by atoms with Crippen LogP contribution in [0.15, 0.2) is 54.7 Å². The number of hydrogen-bond acceptors (Lipinski definition) is 4. The lowest BCUT2D eigenvalue weighted by molar-refractivity contribution is 0.0945. The van der Waals surface area contributed by atoms with Gasteiger partial charge in [-0.1, -0.05) is 53.2 Å². The third-order valence-electron chi connectivity index (χ3n) is 3.77. The maximum absolute atomic E-state index is 13.0. The van der Waals surface area contributed by atoms with Gasteiger partial charge in [-0.05, 0) is 23.3 Å². The normalized spacial score (nSPS) is 12.0. The zero-order valence-corrected chi connectivity index (χ0v) is 14.4. The van der Waals surface area contributed by atoms with Crippen molar-refractivity contribution in [1.29, 1.82) is 0 Å². The number of benzene rings is 2. The van der Waals surface area contributed by atoms with Crippen LogP contribution >= 0.6 is 11.6 Å². The largest absolute Gasteiger partial charge is 0.386 e. The SMILES string of the molecule is O=C(NCc1ccc(F)cc1Cl)c1cn(C[C@@H](O)c2ccccc2)nn1. The topological polar surface area (TPSA) is 80.0 Å². The Balaban J connectivity index is 1.59. The summed E-state index contributed by atoms with van der Waals surface area (Å²) in [6, 6.07) is 13.1. The second-order valence-corrected chi connectivity index (χ2v) is 6.08. The first kappa shape index (κ1) is 18.0. The quantitative estimate of drug-likeness (QED) is 0.695. The molecule has 0 saturated heterocycles. The Morgan fingerprint density at radius 1 is 1.27 bits per heavy atom. The van der Waals surface area contributed by atoms with Gasteiger partial charge in [-0.25, -0.2) is 9.07 Å². The first-order valence-electron chi connectivity index (χ1n) is 7.88. The minimum absolute atomic E-state index is 0.114. The number of carbonyl (C=O) groups excluding carboxylic acids is 1. The summed E-state index contributed by atoms with van der Waals surface area (Å²) >= 11 is 5.93. The van der Waals surface area contributed by atoms with Crippen LogP contribution in [0.25, 0.3) is 0 Å². The highest BCUT2D eigenvalue weighted by molar-refractivity contribution is 6.31. The second-order valence-electron chi connectivity index (χ2n) is 5.67. The lowest BCUT2D eigenvalue weighted by Gasteiger charge is -2.09. The zero-order chi connectivity index (χ0) is 18.5. The molecule has 0 aliphatic heterocycles. The van der Waals surface area contributed by atoms with E-state index in [0.29, 0.717) is 5.56 Å². The molecule has 2 N–H and O–H groups in total. The Kier molecular flexibility index (Phi) is 5.60. The van der Waals surface area contributed by atoms with Crippen molar-refractivity contribution in [3.8, 4) is 0 Å². The third kappa shape index (κ3) is 4.44. The van der Waals surface area contributed by atoms with Gasteiger partial charge < -0.3 is 10.4 Å². The van der Waals surface area contributed by atoms with E-state index in [4.69, 9.17) is 11.6 Å². The molecular formula is C18H16ClFN4O2. The maximum Gasteiger partial charge on any atom is 0.273 e. The predicted octanol–water partition coefficient (Wildman–Crippen LogP) is 2.73. The van der Waals surface area contributed by atoms with E-state index in [-0.39, 0.29) is 23.8 Å². The first-order chi connectivity index (χ1) is 12.5. The molecule has 0 aliphatic rings. The Labute approximate surface area is 154 Å². The highest BCUT2D eigenvalue weighted by Gasteiger charge is 2.14. The van der Waals surface area contributed by atoms with Gasteiger partial charge >= 0.3 is 0 Å².